The smallest absolute Gasteiger partial charge is 0.387 e. The van der Waals surface area contributed by atoms with Crippen molar-refractivity contribution in [3.8, 4) is 11.5 Å². The number of alkyl halides is 2. The summed E-state index contributed by atoms with van der Waals surface area (Å²) >= 11 is 0. The van der Waals surface area contributed by atoms with Gasteiger partial charge in [-0.15, -0.1) is 0 Å². The maximum Gasteiger partial charge on any atom is 0.387 e. The van der Waals surface area contributed by atoms with E-state index in [1.165, 1.54) is 19.2 Å². The van der Waals surface area contributed by atoms with Crippen LogP contribution >= 0.6 is 0 Å². The second-order valence-electron chi connectivity index (χ2n) is 4.22. The molecule has 1 unspecified atom stereocenters. The fourth-order valence-corrected chi connectivity index (χ4v) is 1.65. The molecule has 0 amide bonds. The molecule has 20 heavy (non-hydrogen) atoms. The zero-order valence-corrected chi connectivity index (χ0v) is 11.2. The number of carboxylic acids is 1. The number of hydrogen-bond donors (Lipinski definition) is 2. The minimum Gasteiger partial charge on any atom is -0.493 e. The van der Waals surface area contributed by atoms with E-state index in [9.17, 15) is 13.6 Å². The summed E-state index contributed by atoms with van der Waals surface area (Å²) in [6, 6.07) is 4.43. The Bertz CT molecular complexity index is 454. The average molecular weight is 289 g/mol. The third kappa shape index (κ3) is 5.29. The first-order chi connectivity index (χ1) is 9.42. The number of methoxy groups -OCH3 is 1. The highest BCUT2D eigenvalue weighted by molar-refractivity contribution is 5.66. The second-order valence-corrected chi connectivity index (χ2v) is 4.22. The lowest BCUT2D eigenvalue weighted by Crippen LogP contribution is -2.16. The summed E-state index contributed by atoms with van der Waals surface area (Å²) in [4.78, 5) is 10.5. The number of anilines is 1. The molecule has 2 N–H and O–H groups in total. The summed E-state index contributed by atoms with van der Waals surface area (Å²) < 4.78 is 33.8. The van der Waals surface area contributed by atoms with E-state index in [0.29, 0.717) is 12.1 Å². The van der Waals surface area contributed by atoms with Crippen LogP contribution in [0.5, 0.6) is 11.5 Å². The van der Waals surface area contributed by atoms with E-state index in [-0.39, 0.29) is 24.0 Å². The Kier molecular flexibility index (Phi) is 6.02. The number of aliphatic carboxylic acids is 1. The highest BCUT2D eigenvalue weighted by atomic mass is 19.3. The van der Waals surface area contributed by atoms with Crippen LogP contribution in [0.3, 0.4) is 0 Å². The Morgan fingerprint density at radius 2 is 2.10 bits per heavy atom. The van der Waals surface area contributed by atoms with Crippen LogP contribution in [0.2, 0.25) is 0 Å². The predicted molar refractivity (Wildman–Crippen MR) is 69.6 cm³/mol. The van der Waals surface area contributed by atoms with E-state index < -0.39 is 12.6 Å². The molecule has 1 aromatic rings. The molecule has 1 atom stereocenters. The largest absolute Gasteiger partial charge is 0.493 e. The molecule has 0 aromatic heterocycles. The predicted octanol–water partition coefficient (Wildman–Crippen LogP) is 2.96. The van der Waals surface area contributed by atoms with E-state index >= 15 is 0 Å². The van der Waals surface area contributed by atoms with E-state index in [1.807, 2.05) is 0 Å². The number of carboxylic acid groups (broad SMARTS) is 1. The van der Waals surface area contributed by atoms with Crippen molar-refractivity contribution in [3.63, 3.8) is 0 Å². The summed E-state index contributed by atoms with van der Waals surface area (Å²) in [5.41, 5.74) is 0.555. The van der Waals surface area contributed by atoms with Gasteiger partial charge in [0.2, 0.25) is 0 Å². The Balaban J connectivity index is 2.73. The van der Waals surface area contributed by atoms with Crippen molar-refractivity contribution in [2.45, 2.75) is 32.4 Å². The highest BCUT2D eigenvalue weighted by Gasteiger charge is 2.12. The van der Waals surface area contributed by atoms with Crippen molar-refractivity contribution in [1.29, 1.82) is 0 Å². The van der Waals surface area contributed by atoms with Gasteiger partial charge in [0.15, 0.2) is 11.5 Å². The van der Waals surface area contributed by atoms with Crippen LogP contribution in [0.15, 0.2) is 18.2 Å². The topological polar surface area (TPSA) is 67.8 Å². The molecule has 0 fully saturated rings. The molecule has 7 heteroatoms. The van der Waals surface area contributed by atoms with Gasteiger partial charge < -0.3 is 19.9 Å². The van der Waals surface area contributed by atoms with Gasteiger partial charge in [-0.3, -0.25) is 4.79 Å². The van der Waals surface area contributed by atoms with Crippen molar-refractivity contribution in [3.05, 3.63) is 18.2 Å². The summed E-state index contributed by atoms with van der Waals surface area (Å²) in [7, 11) is 1.36. The number of benzene rings is 1. The Hall–Kier alpha value is -2.05. The second kappa shape index (κ2) is 7.52. The number of carbonyl (C=O) groups is 1. The van der Waals surface area contributed by atoms with Gasteiger partial charge in [0.1, 0.15) is 0 Å². The van der Waals surface area contributed by atoms with Gasteiger partial charge >= 0.3 is 12.6 Å². The minimum atomic E-state index is -2.94. The molecule has 0 heterocycles. The van der Waals surface area contributed by atoms with Crippen molar-refractivity contribution in [2.24, 2.45) is 0 Å². The number of rotatable bonds is 8. The van der Waals surface area contributed by atoms with Crippen LogP contribution in [0.1, 0.15) is 19.8 Å². The van der Waals surface area contributed by atoms with Crippen molar-refractivity contribution < 1.29 is 28.2 Å². The van der Waals surface area contributed by atoms with Crippen LogP contribution in [0.25, 0.3) is 0 Å². The lowest BCUT2D eigenvalue weighted by atomic mass is 10.1. The number of nitrogens with one attached hydrogen (secondary N) is 1. The Labute approximate surface area is 115 Å². The fourth-order valence-electron chi connectivity index (χ4n) is 1.65. The van der Waals surface area contributed by atoms with Crippen LogP contribution in [0.4, 0.5) is 14.5 Å². The van der Waals surface area contributed by atoms with E-state index in [2.05, 4.69) is 10.1 Å². The first-order valence-electron chi connectivity index (χ1n) is 6.03. The van der Waals surface area contributed by atoms with Gasteiger partial charge in [0, 0.05) is 24.2 Å². The molecular weight excluding hydrogens is 272 g/mol. The van der Waals surface area contributed by atoms with Crippen LogP contribution in [-0.2, 0) is 4.79 Å². The zero-order chi connectivity index (χ0) is 15.1. The summed E-state index contributed by atoms with van der Waals surface area (Å²) in [5.74, 6) is -0.748. The SMILES string of the molecule is COc1ccc(NC(C)CCC(=O)O)cc1OC(F)F. The van der Waals surface area contributed by atoms with Gasteiger partial charge in [-0.2, -0.15) is 8.78 Å². The fraction of sp³-hybridized carbons (Fsp3) is 0.462. The maximum absolute atomic E-state index is 12.3. The molecular formula is C13H17F2NO4. The molecule has 0 aliphatic carbocycles. The van der Waals surface area contributed by atoms with Crippen LogP contribution < -0.4 is 14.8 Å². The van der Waals surface area contributed by atoms with Crippen molar-refractivity contribution in [1.82, 2.24) is 0 Å². The normalized spacial score (nSPS) is 12.1. The molecule has 0 aliphatic rings. The van der Waals surface area contributed by atoms with Crippen LogP contribution in [0, 0.1) is 0 Å². The monoisotopic (exact) mass is 289 g/mol. The highest BCUT2D eigenvalue weighted by Crippen LogP contribution is 2.31. The molecule has 0 radical (unpaired) electrons. The standard InChI is InChI=1S/C13H17F2NO4/c1-8(3-6-12(17)18)16-9-4-5-10(19-2)11(7-9)20-13(14)15/h4-5,7-8,13,16H,3,6H2,1-2H3,(H,17,18). The number of hydrogen-bond acceptors (Lipinski definition) is 4. The van der Waals surface area contributed by atoms with Crippen LogP contribution in [-0.4, -0.2) is 30.8 Å². The van der Waals surface area contributed by atoms with Gasteiger partial charge in [-0.1, -0.05) is 0 Å². The maximum atomic E-state index is 12.3. The van der Waals surface area contributed by atoms with Gasteiger partial charge in [-0.25, -0.2) is 0 Å². The van der Waals surface area contributed by atoms with E-state index in [0.717, 1.165) is 0 Å². The summed E-state index contributed by atoms with van der Waals surface area (Å²) in [5, 5.41) is 11.6. The molecule has 0 spiro atoms. The number of halogens is 2. The molecule has 0 saturated heterocycles. The minimum absolute atomic E-state index is 0.0325. The lowest BCUT2D eigenvalue weighted by molar-refractivity contribution is -0.137. The average Bonchev–Trinajstić information content (AvgIpc) is 2.36. The summed E-state index contributed by atoms with van der Waals surface area (Å²) in [6.45, 7) is -1.13. The molecule has 5 nitrogen and oxygen atoms in total. The first-order valence-corrected chi connectivity index (χ1v) is 6.03. The lowest BCUT2D eigenvalue weighted by Gasteiger charge is -2.16. The molecule has 1 rings (SSSR count). The Morgan fingerprint density at radius 3 is 2.65 bits per heavy atom. The van der Waals surface area contributed by atoms with E-state index in [1.54, 1.807) is 13.0 Å². The van der Waals surface area contributed by atoms with E-state index in [4.69, 9.17) is 9.84 Å². The molecule has 112 valence electrons. The first kappa shape index (κ1) is 16.0. The third-order valence-electron chi connectivity index (χ3n) is 2.58. The molecule has 1 aromatic carbocycles. The van der Waals surface area contributed by atoms with Gasteiger partial charge in [0.25, 0.3) is 0 Å². The zero-order valence-electron chi connectivity index (χ0n) is 11.2. The quantitative estimate of drug-likeness (QED) is 0.770. The third-order valence-corrected chi connectivity index (χ3v) is 2.58. The van der Waals surface area contributed by atoms with Gasteiger partial charge in [-0.05, 0) is 25.5 Å². The molecule has 0 aliphatic heterocycles. The Morgan fingerprint density at radius 1 is 1.40 bits per heavy atom. The summed E-state index contributed by atoms with van der Waals surface area (Å²) in [6.07, 6.45) is 0.455. The van der Waals surface area contributed by atoms with Crippen molar-refractivity contribution in [2.75, 3.05) is 12.4 Å². The molecule has 0 saturated carbocycles. The molecule has 0 bridgehead atoms. The van der Waals surface area contributed by atoms with Crippen molar-refractivity contribution >= 4 is 11.7 Å². The number of ether oxygens (including phenoxy) is 2. The van der Waals surface area contributed by atoms with Gasteiger partial charge in [0.05, 0.1) is 7.11 Å².